The molecule has 1 saturated heterocycles. The van der Waals surface area contributed by atoms with Crippen molar-refractivity contribution in [2.45, 2.75) is 30.0 Å². The van der Waals surface area contributed by atoms with Crippen molar-refractivity contribution in [3.8, 4) is 0 Å². The molecule has 1 atom stereocenters. The first-order valence-electron chi connectivity index (χ1n) is 9.41. The molecule has 1 fully saturated rings. The summed E-state index contributed by atoms with van der Waals surface area (Å²) in [5.41, 5.74) is -1.28. The molecule has 0 saturated carbocycles. The Morgan fingerprint density at radius 2 is 2.00 bits per heavy atom. The van der Waals surface area contributed by atoms with Crippen LogP contribution in [0.1, 0.15) is 28.8 Å². The zero-order valence-electron chi connectivity index (χ0n) is 16.2. The number of rotatable bonds is 7. The number of halogens is 4. The van der Waals surface area contributed by atoms with Gasteiger partial charge in [-0.3, -0.25) is 4.79 Å². The Kier molecular flexibility index (Phi) is 7.85. The molecule has 166 valence electrons. The molecule has 0 aliphatic carbocycles. The fourth-order valence-electron chi connectivity index (χ4n) is 2.97. The molecule has 2 aromatic rings. The Morgan fingerprint density at radius 1 is 1.23 bits per heavy atom. The van der Waals surface area contributed by atoms with Crippen LogP contribution < -0.4 is 5.32 Å². The van der Waals surface area contributed by atoms with Crippen molar-refractivity contribution in [2.75, 3.05) is 24.3 Å². The lowest BCUT2D eigenvalue weighted by Crippen LogP contribution is -2.23. The van der Waals surface area contributed by atoms with Gasteiger partial charge in [-0.05, 0) is 43.2 Å². The van der Waals surface area contributed by atoms with E-state index in [1.165, 1.54) is 17.8 Å². The molecule has 31 heavy (non-hydrogen) atoms. The first-order chi connectivity index (χ1) is 14.7. The highest BCUT2D eigenvalue weighted by atomic mass is 35.5. The van der Waals surface area contributed by atoms with Crippen molar-refractivity contribution in [1.82, 2.24) is 0 Å². The number of benzene rings is 2. The summed E-state index contributed by atoms with van der Waals surface area (Å²) in [5, 5.41) is 1.99. The smallest absolute Gasteiger partial charge is 0.418 e. The zero-order chi connectivity index (χ0) is 22.4. The molecule has 2 aromatic carbocycles. The minimum absolute atomic E-state index is 0.117. The average Bonchev–Trinajstić information content (AvgIpc) is 3.25. The van der Waals surface area contributed by atoms with Gasteiger partial charge in [-0.25, -0.2) is 4.79 Å². The Hall–Kier alpha value is -2.23. The number of carbonyl (C=O) groups excluding carboxylic acids is 2. The van der Waals surface area contributed by atoms with Crippen molar-refractivity contribution in [2.24, 2.45) is 0 Å². The molecule has 5 nitrogen and oxygen atoms in total. The largest absolute Gasteiger partial charge is 0.452 e. The number of amides is 1. The number of hydrogen-bond acceptors (Lipinski definition) is 5. The van der Waals surface area contributed by atoms with Gasteiger partial charge in [0.25, 0.3) is 5.91 Å². The maximum atomic E-state index is 13.1. The summed E-state index contributed by atoms with van der Waals surface area (Å²) < 4.78 is 50.0. The monoisotopic (exact) mass is 473 g/mol. The lowest BCUT2D eigenvalue weighted by molar-refractivity contribution is -0.137. The summed E-state index contributed by atoms with van der Waals surface area (Å²) in [5.74, 6) is -0.954. The molecule has 3 rings (SSSR count). The van der Waals surface area contributed by atoms with E-state index in [2.05, 4.69) is 5.32 Å². The second-order valence-electron chi connectivity index (χ2n) is 6.75. The minimum Gasteiger partial charge on any atom is -0.452 e. The molecule has 0 spiro atoms. The second-order valence-corrected chi connectivity index (χ2v) is 8.25. The van der Waals surface area contributed by atoms with E-state index in [9.17, 15) is 22.8 Å². The Bertz CT molecular complexity index is 948. The summed E-state index contributed by atoms with van der Waals surface area (Å²) in [6, 6.07) is 9.75. The third-order valence-corrected chi connectivity index (χ3v) is 5.89. The first-order valence-corrected chi connectivity index (χ1v) is 10.8. The summed E-state index contributed by atoms with van der Waals surface area (Å²) >= 11 is 7.07. The van der Waals surface area contributed by atoms with E-state index in [4.69, 9.17) is 21.1 Å². The van der Waals surface area contributed by atoms with Crippen molar-refractivity contribution in [3.63, 3.8) is 0 Å². The lowest BCUT2D eigenvalue weighted by atomic mass is 10.1. The first kappa shape index (κ1) is 23.4. The predicted molar refractivity (Wildman–Crippen MR) is 112 cm³/mol. The van der Waals surface area contributed by atoms with Crippen molar-refractivity contribution in [1.29, 1.82) is 0 Å². The van der Waals surface area contributed by atoms with Crippen molar-refractivity contribution in [3.05, 3.63) is 58.6 Å². The van der Waals surface area contributed by atoms with E-state index in [1.807, 2.05) is 0 Å². The fourth-order valence-corrected chi connectivity index (χ4v) is 4.26. The molecule has 1 aliphatic heterocycles. The van der Waals surface area contributed by atoms with Gasteiger partial charge in [0.2, 0.25) is 0 Å². The van der Waals surface area contributed by atoms with Crippen LogP contribution in [0, 0.1) is 0 Å². The molecular formula is C21H19ClF3NO4S. The SMILES string of the molecule is O=C(COC(=O)c1ccccc1SCC1CCCO1)Nc1ccc(Cl)cc1C(F)(F)F. The Morgan fingerprint density at radius 3 is 2.71 bits per heavy atom. The number of anilines is 1. The van der Waals surface area contributed by atoms with Crippen LogP contribution in [-0.4, -0.2) is 36.9 Å². The number of carbonyl (C=O) groups is 2. The molecule has 0 bridgehead atoms. The summed E-state index contributed by atoms with van der Waals surface area (Å²) in [4.78, 5) is 25.2. The van der Waals surface area contributed by atoms with Crippen molar-refractivity contribution >= 4 is 40.9 Å². The molecular weight excluding hydrogens is 455 g/mol. The van der Waals surface area contributed by atoms with Gasteiger partial charge in [-0.2, -0.15) is 13.2 Å². The van der Waals surface area contributed by atoms with Gasteiger partial charge in [0.1, 0.15) is 0 Å². The van der Waals surface area contributed by atoms with Crippen LogP contribution in [0.3, 0.4) is 0 Å². The van der Waals surface area contributed by atoms with Gasteiger partial charge in [0, 0.05) is 22.3 Å². The van der Waals surface area contributed by atoms with Gasteiger partial charge < -0.3 is 14.8 Å². The number of thioether (sulfide) groups is 1. The molecule has 0 radical (unpaired) electrons. The van der Waals surface area contributed by atoms with Crippen LogP contribution in [0.4, 0.5) is 18.9 Å². The van der Waals surface area contributed by atoms with E-state index >= 15 is 0 Å². The maximum absolute atomic E-state index is 13.1. The summed E-state index contributed by atoms with van der Waals surface area (Å²) in [6.45, 7) is -0.00278. The van der Waals surface area contributed by atoms with Gasteiger partial charge in [-0.15, -0.1) is 11.8 Å². The van der Waals surface area contributed by atoms with Gasteiger partial charge >= 0.3 is 12.1 Å². The van der Waals surface area contributed by atoms with Crippen molar-refractivity contribution < 1.29 is 32.2 Å². The third kappa shape index (κ3) is 6.62. The van der Waals surface area contributed by atoms with E-state index in [-0.39, 0.29) is 16.7 Å². The van der Waals surface area contributed by atoms with Gasteiger partial charge in [0.05, 0.1) is 22.9 Å². The number of ether oxygens (including phenoxy) is 2. The van der Waals surface area contributed by atoms with Crippen LogP contribution >= 0.6 is 23.4 Å². The quantitative estimate of drug-likeness (QED) is 0.429. The van der Waals surface area contributed by atoms with Gasteiger partial charge in [-0.1, -0.05) is 23.7 Å². The standard InChI is InChI=1S/C21H19ClF3NO4S/c22-13-7-8-17(16(10-13)21(23,24)25)26-19(27)11-30-20(28)15-5-1-2-6-18(15)31-12-14-4-3-9-29-14/h1-2,5-8,10,14H,3-4,9,11-12H2,(H,26,27). The molecule has 1 N–H and O–H groups in total. The zero-order valence-corrected chi connectivity index (χ0v) is 17.8. The summed E-state index contributed by atoms with van der Waals surface area (Å²) in [7, 11) is 0. The predicted octanol–water partition coefficient (Wildman–Crippen LogP) is 5.43. The van der Waals surface area contributed by atoms with E-state index in [0.29, 0.717) is 16.7 Å². The normalized spacial score (nSPS) is 16.2. The van der Waals surface area contributed by atoms with E-state index in [1.54, 1.807) is 24.3 Å². The highest BCUT2D eigenvalue weighted by Crippen LogP contribution is 2.36. The second kappa shape index (κ2) is 10.4. The molecule has 1 amide bonds. The minimum atomic E-state index is -4.70. The summed E-state index contributed by atoms with van der Waals surface area (Å²) in [6.07, 6.45) is -2.61. The Balaban J connectivity index is 1.59. The van der Waals surface area contributed by atoms with E-state index < -0.39 is 35.9 Å². The highest BCUT2D eigenvalue weighted by Gasteiger charge is 2.34. The van der Waals surface area contributed by atoms with Crippen LogP contribution in [0.25, 0.3) is 0 Å². The van der Waals surface area contributed by atoms with Crippen LogP contribution in [0.2, 0.25) is 5.02 Å². The molecule has 1 unspecified atom stereocenters. The van der Waals surface area contributed by atoms with Crippen LogP contribution in [-0.2, 0) is 20.4 Å². The molecule has 10 heteroatoms. The highest BCUT2D eigenvalue weighted by molar-refractivity contribution is 7.99. The number of alkyl halides is 3. The fraction of sp³-hybridized carbons (Fsp3) is 0.333. The third-order valence-electron chi connectivity index (χ3n) is 4.45. The lowest BCUT2D eigenvalue weighted by Gasteiger charge is -2.14. The van der Waals surface area contributed by atoms with Gasteiger partial charge in [0.15, 0.2) is 6.61 Å². The molecule has 1 heterocycles. The Labute approximate surface area is 186 Å². The number of hydrogen-bond donors (Lipinski definition) is 1. The number of esters is 1. The average molecular weight is 474 g/mol. The van der Waals surface area contributed by atoms with Crippen LogP contribution in [0.15, 0.2) is 47.4 Å². The topological polar surface area (TPSA) is 64.6 Å². The number of nitrogens with one attached hydrogen (secondary N) is 1. The van der Waals surface area contributed by atoms with Crippen LogP contribution in [0.5, 0.6) is 0 Å². The van der Waals surface area contributed by atoms with E-state index in [0.717, 1.165) is 25.5 Å². The molecule has 1 aliphatic rings. The maximum Gasteiger partial charge on any atom is 0.418 e. The molecule has 0 aromatic heterocycles.